The summed E-state index contributed by atoms with van der Waals surface area (Å²) >= 11 is 2.96. The third-order valence-corrected chi connectivity index (χ3v) is 5.67. The topological polar surface area (TPSA) is 75.2 Å². The minimum Gasteiger partial charge on any atom is -0.318 e. The SMILES string of the molecule is CC(C)c1nnc(NC(=O)C2CSC(C)(C)N2C=O)s1. The van der Waals surface area contributed by atoms with Crippen molar-refractivity contribution in [3.8, 4) is 0 Å². The highest BCUT2D eigenvalue weighted by atomic mass is 32.2. The molecule has 1 aromatic heterocycles. The van der Waals surface area contributed by atoms with Crippen LogP contribution in [0.3, 0.4) is 0 Å². The first-order chi connectivity index (χ1) is 9.35. The Kier molecular flexibility index (Phi) is 4.33. The summed E-state index contributed by atoms with van der Waals surface area (Å²) in [6, 6.07) is -0.459. The maximum Gasteiger partial charge on any atom is 0.249 e. The van der Waals surface area contributed by atoms with E-state index in [0.29, 0.717) is 10.9 Å². The predicted octanol–water partition coefficient (Wildman–Crippen LogP) is 1.91. The van der Waals surface area contributed by atoms with Gasteiger partial charge in [-0.25, -0.2) is 0 Å². The molecule has 1 aliphatic heterocycles. The predicted molar refractivity (Wildman–Crippen MR) is 80.9 cm³/mol. The first-order valence-corrected chi connectivity index (χ1v) is 8.17. The van der Waals surface area contributed by atoms with Gasteiger partial charge in [0.2, 0.25) is 17.4 Å². The fourth-order valence-electron chi connectivity index (χ4n) is 1.92. The average Bonchev–Trinajstić information content (AvgIpc) is 2.93. The third-order valence-electron chi connectivity index (χ3n) is 3.13. The zero-order valence-electron chi connectivity index (χ0n) is 11.9. The smallest absolute Gasteiger partial charge is 0.249 e. The van der Waals surface area contributed by atoms with Gasteiger partial charge in [-0.15, -0.1) is 22.0 Å². The van der Waals surface area contributed by atoms with Gasteiger partial charge in [-0.1, -0.05) is 25.2 Å². The van der Waals surface area contributed by atoms with E-state index in [1.54, 1.807) is 16.7 Å². The molecule has 1 fully saturated rings. The molecule has 2 amide bonds. The maximum atomic E-state index is 12.3. The Morgan fingerprint density at radius 1 is 1.50 bits per heavy atom. The van der Waals surface area contributed by atoms with Crippen molar-refractivity contribution >= 4 is 40.5 Å². The highest BCUT2D eigenvalue weighted by Gasteiger charge is 2.43. The number of amides is 2. The minimum absolute atomic E-state index is 0.207. The van der Waals surface area contributed by atoms with Crippen LogP contribution in [0.4, 0.5) is 5.13 Å². The normalized spacial score (nSPS) is 21.2. The van der Waals surface area contributed by atoms with Crippen LogP contribution in [0, 0.1) is 0 Å². The van der Waals surface area contributed by atoms with Gasteiger partial charge in [-0.2, -0.15) is 0 Å². The molecule has 0 saturated carbocycles. The van der Waals surface area contributed by atoms with Crippen LogP contribution in [0.2, 0.25) is 0 Å². The average molecular weight is 314 g/mol. The van der Waals surface area contributed by atoms with Crippen LogP contribution in [0.5, 0.6) is 0 Å². The molecular weight excluding hydrogens is 296 g/mol. The van der Waals surface area contributed by atoms with E-state index in [9.17, 15) is 9.59 Å². The highest BCUT2D eigenvalue weighted by Crippen LogP contribution is 2.38. The van der Waals surface area contributed by atoms with Crippen LogP contribution in [0.15, 0.2) is 0 Å². The van der Waals surface area contributed by atoms with Gasteiger partial charge in [-0.05, 0) is 13.8 Å². The number of nitrogens with one attached hydrogen (secondary N) is 1. The first-order valence-electron chi connectivity index (χ1n) is 6.37. The lowest BCUT2D eigenvalue weighted by Gasteiger charge is -2.29. The molecule has 1 N–H and O–H groups in total. The minimum atomic E-state index is -0.459. The molecule has 1 atom stereocenters. The van der Waals surface area contributed by atoms with E-state index in [0.717, 1.165) is 11.4 Å². The van der Waals surface area contributed by atoms with Crippen LogP contribution >= 0.6 is 23.1 Å². The molecule has 110 valence electrons. The van der Waals surface area contributed by atoms with Gasteiger partial charge in [0, 0.05) is 11.7 Å². The molecule has 1 aliphatic rings. The van der Waals surface area contributed by atoms with Crippen molar-refractivity contribution in [2.45, 2.75) is 44.5 Å². The van der Waals surface area contributed by atoms with Crippen LogP contribution in [-0.4, -0.2) is 44.1 Å². The molecule has 0 aromatic carbocycles. The molecule has 0 radical (unpaired) electrons. The van der Waals surface area contributed by atoms with Crippen molar-refractivity contribution in [3.63, 3.8) is 0 Å². The summed E-state index contributed by atoms with van der Waals surface area (Å²) < 4.78 is 0. The summed E-state index contributed by atoms with van der Waals surface area (Å²) in [5, 5.41) is 12.1. The quantitative estimate of drug-likeness (QED) is 0.859. The summed E-state index contributed by atoms with van der Waals surface area (Å²) in [6.45, 7) is 7.91. The monoisotopic (exact) mass is 314 g/mol. The first kappa shape index (κ1) is 15.2. The second-order valence-corrected chi connectivity index (χ2v) is 8.01. The van der Waals surface area contributed by atoms with E-state index in [1.165, 1.54) is 11.3 Å². The number of hydrogen-bond donors (Lipinski definition) is 1. The lowest BCUT2D eigenvalue weighted by Crippen LogP contribution is -2.47. The number of carbonyl (C=O) groups is 2. The van der Waals surface area contributed by atoms with Gasteiger partial charge < -0.3 is 4.90 Å². The van der Waals surface area contributed by atoms with Crippen LogP contribution in [-0.2, 0) is 9.59 Å². The third kappa shape index (κ3) is 2.95. The highest BCUT2D eigenvalue weighted by molar-refractivity contribution is 8.00. The molecule has 1 saturated heterocycles. The molecule has 2 heterocycles. The maximum absolute atomic E-state index is 12.3. The second-order valence-electron chi connectivity index (χ2n) is 5.38. The lowest BCUT2D eigenvalue weighted by atomic mass is 10.2. The number of nitrogens with zero attached hydrogens (tertiary/aromatic N) is 3. The molecule has 6 nitrogen and oxygen atoms in total. The lowest BCUT2D eigenvalue weighted by molar-refractivity contribution is -0.130. The number of anilines is 1. The zero-order chi connectivity index (χ0) is 14.9. The van der Waals surface area contributed by atoms with Crippen molar-refractivity contribution in [1.82, 2.24) is 15.1 Å². The fourth-order valence-corrected chi connectivity index (χ4v) is 3.87. The van der Waals surface area contributed by atoms with Crippen molar-refractivity contribution < 1.29 is 9.59 Å². The number of thioether (sulfide) groups is 1. The molecular formula is C12H18N4O2S2. The van der Waals surface area contributed by atoms with Crippen LogP contribution < -0.4 is 5.32 Å². The van der Waals surface area contributed by atoms with E-state index >= 15 is 0 Å². The largest absolute Gasteiger partial charge is 0.318 e. The number of aromatic nitrogens is 2. The van der Waals surface area contributed by atoms with E-state index in [1.807, 2.05) is 27.7 Å². The summed E-state index contributed by atoms with van der Waals surface area (Å²) in [5.74, 6) is 0.667. The van der Waals surface area contributed by atoms with Crippen molar-refractivity contribution in [2.24, 2.45) is 0 Å². The zero-order valence-corrected chi connectivity index (χ0v) is 13.5. The molecule has 8 heteroatoms. The van der Waals surface area contributed by atoms with E-state index < -0.39 is 6.04 Å². The van der Waals surface area contributed by atoms with Crippen molar-refractivity contribution in [2.75, 3.05) is 11.1 Å². The van der Waals surface area contributed by atoms with Gasteiger partial charge in [0.1, 0.15) is 11.0 Å². The van der Waals surface area contributed by atoms with Crippen LogP contribution in [0.25, 0.3) is 0 Å². The molecule has 20 heavy (non-hydrogen) atoms. The summed E-state index contributed by atoms with van der Waals surface area (Å²) in [6.07, 6.45) is 0.740. The van der Waals surface area contributed by atoms with E-state index in [4.69, 9.17) is 0 Å². The Morgan fingerprint density at radius 2 is 2.20 bits per heavy atom. The summed E-state index contributed by atoms with van der Waals surface area (Å²) in [7, 11) is 0. The Balaban J connectivity index is 2.06. The molecule has 0 bridgehead atoms. The van der Waals surface area contributed by atoms with Gasteiger partial charge in [0.05, 0.1) is 4.87 Å². The molecule has 1 aromatic rings. The number of rotatable bonds is 4. The second kappa shape index (κ2) is 5.69. The van der Waals surface area contributed by atoms with Gasteiger partial charge in [0.15, 0.2) is 0 Å². The standard InChI is InChI=1S/C12H18N4O2S2/c1-7(2)10-14-15-11(20-10)13-9(18)8-5-19-12(3,4)16(8)6-17/h6-8H,5H2,1-4H3,(H,13,15,18). The van der Waals surface area contributed by atoms with Gasteiger partial charge in [-0.3, -0.25) is 14.9 Å². The van der Waals surface area contributed by atoms with Crippen molar-refractivity contribution in [3.05, 3.63) is 5.01 Å². The van der Waals surface area contributed by atoms with E-state index in [2.05, 4.69) is 15.5 Å². The fraction of sp³-hybridized carbons (Fsp3) is 0.667. The Labute approximate surface area is 126 Å². The summed E-state index contributed by atoms with van der Waals surface area (Å²) in [4.78, 5) is 24.7. The molecule has 0 spiro atoms. The van der Waals surface area contributed by atoms with Crippen LogP contribution in [0.1, 0.15) is 38.6 Å². The Hall–Kier alpha value is -1.15. The number of hydrogen-bond acceptors (Lipinski definition) is 6. The van der Waals surface area contributed by atoms with Crippen molar-refractivity contribution in [1.29, 1.82) is 0 Å². The number of carbonyl (C=O) groups excluding carboxylic acids is 2. The van der Waals surface area contributed by atoms with Gasteiger partial charge >= 0.3 is 0 Å². The molecule has 2 rings (SSSR count). The Bertz CT molecular complexity index is 515. The van der Waals surface area contributed by atoms with E-state index in [-0.39, 0.29) is 16.7 Å². The molecule has 0 aliphatic carbocycles. The molecule has 1 unspecified atom stereocenters. The van der Waals surface area contributed by atoms with Gasteiger partial charge in [0.25, 0.3) is 0 Å². The summed E-state index contributed by atoms with van der Waals surface area (Å²) in [5.41, 5.74) is 0. The Morgan fingerprint density at radius 3 is 2.75 bits per heavy atom.